The third kappa shape index (κ3) is 1.04. The second kappa shape index (κ2) is 2.58. The minimum Gasteiger partial charge on any atom is -0.447 e. The van der Waals surface area contributed by atoms with Crippen LogP contribution in [0.2, 0.25) is 0 Å². The van der Waals surface area contributed by atoms with E-state index in [1.165, 1.54) is 4.90 Å². The molecule has 0 radical (unpaired) electrons. The molecule has 1 rings (SSSR count). The molecular formula is C7H9NO2. The molecule has 1 amide bonds. The third-order valence-corrected chi connectivity index (χ3v) is 1.42. The molecule has 0 saturated carbocycles. The summed E-state index contributed by atoms with van der Waals surface area (Å²) in [7, 11) is 0. The van der Waals surface area contributed by atoms with Gasteiger partial charge in [-0.05, 0) is 6.92 Å². The van der Waals surface area contributed by atoms with E-state index in [2.05, 4.69) is 17.0 Å². The van der Waals surface area contributed by atoms with Gasteiger partial charge in [-0.1, -0.05) is 6.58 Å². The van der Waals surface area contributed by atoms with Gasteiger partial charge in [0.25, 0.3) is 0 Å². The van der Waals surface area contributed by atoms with Crippen LogP contribution in [-0.4, -0.2) is 24.1 Å². The van der Waals surface area contributed by atoms with Crippen LogP contribution in [0, 0.1) is 0 Å². The quantitative estimate of drug-likeness (QED) is 0.509. The topological polar surface area (TPSA) is 29.5 Å². The maximum Gasteiger partial charge on any atom is 0.414 e. The molecule has 0 unspecified atom stereocenters. The molecule has 1 fully saturated rings. The van der Waals surface area contributed by atoms with Gasteiger partial charge >= 0.3 is 6.09 Å². The number of amides is 1. The summed E-state index contributed by atoms with van der Waals surface area (Å²) < 4.78 is 4.69. The summed E-state index contributed by atoms with van der Waals surface area (Å²) in [5.41, 5.74) is 3.35. The van der Waals surface area contributed by atoms with Crippen LogP contribution < -0.4 is 0 Å². The zero-order valence-corrected chi connectivity index (χ0v) is 5.89. The van der Waals surface area contributed by atoms with Crippen LogP contribution in [0.25, 0.3) is 0 Å². The van der Waals surface area contributed by atoms with Gasteiger partial charge in [-0.25, -0.2) is 4.79 Å². The number of rotatable bonds is 1. The monoisotopic (exact) mass is 139 g/mol. The van der Waals surface area contributed by atoms with Crippen molar-refractivity contribution in [3.05, 3.63) is 18.0 Å². The fourth-order valence-electron chi connectivity index (χ4n) is 0.794. The molecule has 0 aromatic carbocycles. The number of hydrogen-bond donors (Lipinski definition) is 0. The van der Waals surface area contributed by atoms with Crippen molar-refractivity contribution >= 4 is 6.09 Å². The van der Waals surface area contributed by atoms with Gasteiger partial charge in [-0.3, -0.25) is 4.90 Å². The minimum absolute atomic E-state index is 0.298. The number of ether oxygens (including phenoxy) is 1. The summed E-state index contributed by atoms with van der Waals surface area (Å²) in [6.45, 7) is 6.29. The summed E-state index contributed by atoms with van der Waals surface area (Å²) in [5, 5.41) is 0. The zero-order valence-electron chi connectivity index (χ0n) is 5.89. The first kappa shape index (κ1) is 6.90. The van der Waals surface area contributed by atoms with E-state index in [1.807, 2.05) is 0 Å². The molecule has 3 nitrogen and oxygen atoms in total. The molecule has 0 aliphatic carbocycles. The Hall–Kier alpha value is -1.21. The van der Waals surface area contributed by atoms with Gasteiger partial charge < -0.3 is 4.74 Å². The van der Waals surface area contributed by atoms with Crippen molar-refractivity contribution in [3.63, 3.8) is 0 Å². The van der Waals surface area contributed by atoms with E-state index < -0.39 is 0 Å². The molecular weight excluding hydrogens is 130 g/mol. The zero-order chi connectivity index (χ0) is 7.56. The first-order valence-corrected chi connectivity index (χ1v) is 3.06. The van der Waals surface area contributed by atoms with Gasteiger partial charge in [0.05, 0.1) is 12.2 Å². The van der Waals surface area contributed by atoms with Crippen molar-refractivity contribution in [2.75, 3.05) is 13.2 Å². The second-order valence-corrected chi connectivity index (χ2v) is 2.03. The van der Waals surface area contributed by atoms with Gasteiger partial charge in [0.1, 0.15) is 6.61 Å². The fraction of sp³-hybridized carbons (Fsp3) is 0.429. The number of carbonyl (C=O) groups excluding carboxylic acids is 1. The maximum atomic E-state index is 10.8. The molecule has 1 heterocycles. The Bertz CT molecular complexity index is 204. The van der Waals surface area contributed by atoms with E-state index in [4.69, 9.17) is 0 Å². The summed E-state index contributed by atoms with van der Waals surface area (Å²) >= 11 is 0. The average molecular weight is 139 g/mol. The molecule has 0 atom stereocenters. The predicted molar refractivity (Wildman–Crippen MR) is 36.4 cm³/mol. The normalized spacial score (nSPS) is 16.5. The lowest BCUT2D eigenvalue weighted by molar-refractivity contribution is 0.164. The number of nitrogens with zero attached hydrogens (tertiary/aromatic N) is 1. The Balaban J connectivity index is 2.73. The molecule has 1 aliphatic heterocycles. The van der Waals surface area contributed by atoms with Crippen LogP contribution >= 0.6 is 0 Å². The largest absolute Gasteiger partial charge is 0.447 e. The molecule has 54 valence electrons. The summed E-state index contributed by atoms with van der Waals surface area (Å²) in [6.07, 6.45) is -0.298. The van der Waals surface area contributed by atoms with E-state index in [-0.39, 0.29) is 6.09 Å². The van der Waals surface area contributed by atoms with Crippen LogP contribution in [-0.2, 0) is 4.74 Å². The molecule has 0 aromatic heterocycles. The van der Waals surface area contributed by atoms with Crippen molar-refractivity contribution in [2.24, 2.45) is 0 Å². The Morgan fingerprint density at radius 3 is 3.00 bits per heavy atom. The van der Waals surface area contributed by atoms with Crippen LogP contribution in [0.15, 0.2) is 18.0 Å². The Morgan fingerprint density at radius 2 is 2.60 bits per heavy atom. The lowest BCUT2D eigenvalue weighted by Crippen LogP contribution is -2.21. The SMILES string of the molecule is C=C=C(C)N1CCOC1=O. The third-order valence-electron chi connectivity index (χ3n) is 1.42. The van der Waals surface area contributed by atoms with Gasteiger partial charge in [0.15, 0.2) is 0 Å². The van der Waals surface area contributed by atoms with E-state index in [0.29, 0.717) is 13.2 Å². The van der Waals surface area contributed by atoms with Gasteiger partial charge in [0, 0.05) is 0 Å². The molecule has 0 bridgehead atoms. The molecule has 1 saturated heterocycles. The predicted octanol–water partition coefficient (Wildman–Crippen LogP) is 1.13. The summed E-state index contributed by atoms with van der Waals surface area (Å²) in [4.78, 5) is 12.3. The van der Waals surface area contributed by atoms with E-state index >= 15 is 0 Å². The molecule has 0 spiro atoms. The Kier molecular flexibility index (Phi) is 1.78. The fourth-order valence-corrected chi connectivity index (χ4v) is 0.794. The highest BCUT2D eigenvalue weighted by atomic mass is 16.6. The molecule has 10 heavy (non-hydrogen) atoms. The maximum absolute atomic E-state index is 10.8. The first-order chi connectivity index (χ1) is 4.75. The van der Waals surface area contributed by atoms with Gasteiger partial charge in [0.2, 0.25) is 0 Å². The number of carbonyl (C=O) groups is 1. The lowest BCUT2D eigenvalue weighted by atomic mass is 10.4. The van der Waals surface area contributed by atoms with Crippen LogP contribution in [0.3, 0.4) is 0 Å². The van der Waals surface area contributed by atoms with Crippen LogP contribution in [0.5, 0.6) is 0 Å². The van der Waals surface area contributed by atoms with Crippen molar-refractivity contribution in [3.8, 4) is 0 Å². The first-order valence-electron chi connectivity index (χ1n) is 3.06. The van der Waals surface area contributed by atoms with Gasteiger partial charge in [-0.15, -0.1) is 5.73 Å². The number of allylic oxidation sites excluding steroid dienone is 1. The highest BCUT2D eigenvalue weighted by Gasteiger charge is 2.22. The van der Waals surface area contributed by atoms with Crippen molar-refractivity contribution in [2.45, 2.75) is 6.92 Å². The van der Waals surface area contributed by atoms with Crippen molar-refractivity contribution in [1.29, 1.82) is 0 Å². The van der Waals surface area contributed by atoms with E-state index in [9.17, 15) is 4.79 Å². The minimum atomic E-state index is -0.298. The van der Waals surface area contributed by atoms with Gasteiger partial charge in [-0.2, -0.15) is 0 Å². The lowest BCUT2D eigenvalue weighted by Gasteiger charge is -2.09. The average Bonchev–Trinajstić information content (AvgIpc) is 2.34. The Morgan fingerprint density at radius 1 is 1.90 bits per heavy atom. The molecule has 3 heteroatoms. The number of cyclic esters (lactones) is 1. The molecule has 0 aromatic rings. The summed E-state index contributed by atoms with van der Waals surface area (Å²) in [5.74, 6) is 0. The van der Waals surface area contributed by atoms with Crippen LogP contribution in [0.1, 0.15) is 6.92 Å². The highest BCUT2D eigenvalue weighted by Crippen LogP contribution is 2.09. The number of hydrogen-bond acceptors (Lipinski definition) is 2. The van der Waals surface area contributed by atoms with E-state index in [0.717, 1.165) is 5.70 Å². The standard InChI is InChI=1S/C7H9NO2/c1-3-6(2)8-4-5-10-7(8)9/h1,4-5H2,2H3. The Labute approximate surface area is 59.6 Å². The molecule has 1 aliphatic rings. The smallest absolute Gasteiger partial charge is 0.414 e. The summed E-state index contributed by atoms with van der Waals surface area (Å²) in [6, 6.07) is 0. The highest BCUT2D eigenvalue weighted by molar-refractivity contribution is 5.71. The second-order valence-electron chi connectivity index (χ2n) is 2.03. The van der Waals surface area contributed by atoms with Crippen LogP contribution in [0.4, 0.5) is 4.79 Å². The van der Waals surface area contributed by atoms with Crippen molar-refractivity contribution < 1.29 is 9.53 Å². The van der Waals surface area contributed by atoms with Crippen molar-refractivity contribution in [1.82, 2.24) is 4.90 Å². The van der Waals surface area contributed by atoms with E-state index in [1.54, 1.807) is 6.92 Å². The molecule has 0 N–H and O–H groups in total.